The summed E-state index contributed by atoms with van der Waals surface area (Å²) in [5.41, 5.74) is 2.68. The summed E-state index contributed by atoms with van der Waals surface area (Å²) in [6.45, 7) is 0. The summed E-state index contributed by atoms with van der Waals surface area (Å²) in [6.07, 6.45) is 0. The average Bonchev–Trinajstić information content (AvgIpc) is 2.47. The van der Waals surface area contributed by atoms with Crippen molar-refractivity contribution in [3.63, 3.8) is 0 Å². The lowest BCUT2D eigenvalue weighted by Gasteiger charge is -2.08. The zero-order chi connectivity index (χ0) is 13.2. The summed E-state index contributed by atoms with van der Waals surface area (Å²) in [4.78, 5) is 4.67. The van der Waals surface area contributed by atoms with E-state index in [0.717, 1.165) is 27.9 Å². The molecule has 0 aliphatic rings. The molecule has 3 rings (SSSR count). The van der Waals surface area contributed by atoms with Crippen molar-refractivity contribution in [3.8, 4) is 17.0 Å². The first-order chi connectivity index (χ1) is 9.29. The number of hydrogen-bond acceptors (Lipinski definition) is 2. The first-order valence-corrected chi connectivity index (χ1v) is 6.36. The maximum Gasteiger partial charge on any atom is 0.145 e. The van der Waals surface area contributed by atoms with Gasteiger partial charge in [0.2, 0.25) is 0 Å². The van der Waals surface area contributed by atoms with Crippen LogP contribution in [0, 0.1) is 0 Å². The molecule has 94 valence electrons. The Balaban J connectivity index is 2.29. The second-order valence-electron chi connectivity index (χ2n) is 4.21. The van der Waals surface area contributed by atoms with Crippen LogP contribution in [0.15, 0.2) is 54.6 Å². The number of aromatic nitrogens is 1. The van der Waals surface area contributed by atoms with Gasteiger partial charge in [0, 0.05) is 10.9 Å². The van der Waals surface area contributed by atoms with Crippen molar-refractivity contribution < 1.29 is 4.74 Å². The van der Waals surface area contributed by atoms with E-state index >= 15 is 0 Å². The molecular formula is C16H12ClNO. The minimum Gasteiger partial charge on any atom is -0.494 e. The molecule has 3 aromatic rings. The Labute approximate surface area is 116 Å². The van der Waals surface area contributed by atoms with Gasteiger partial charge in [0.25, 0.3) is 0 Å². The van der Waals surface area contributed by atoms with E-state index in [1.165, 1.54) is 0 Å². The van der Waals surface area contributed by atoms with Crippen LogP contribution in [0.25, 0.3) is 22.2 Å². The molecule has 19 heavy (non-hydrogen) atoms. The Hall–Kier alpha value is -2.06. The summed E-state index contributed by atoms with van der Waals surface area (Å²) in [5, 5.41) is 1.59. The van der Waals surface area contributed by atoms with Crippen molar-refractivity contribution in [2.24, 2.45) is 0 Å². The number of rotatable bonds is 2. The van der Waals surface area contributed by atoms with Crippen LogP contribution in [0.1, 0.15) is 0 Å². The third kappa shape index (κ3) is 2.15. The highest BCUT2D eigenvalue weighted by atomic mass is 35.5. The molecule has 0 saturated heterocycles. The predicted molar refractivity (Wildman–Crippen MR) is 78.7 cm³/mol. The Morgan fingerprint density at radius 3 is 2.53 bits per heavy atom. The number of ether oxygens (including phenoxy) is 1. The lowest BCUT2D eigenvalue weighted by Crippen LogP contribution is -1.91. The molecule has 0 aliphatic carbocycles. The second-order valence-corrected chi connectivity index (χ2v) is 4.62. The van der Waals surface area contributed by atoms with E-state index in [1.807, 2.05) is 54.6 Å². The van der Waals surface area contributed by atoms with Gasteiger partial charge in [-0.05, 0) is 12.1 Å². The standard InChI is InChI=1S/C16H12ClNO/c1-19-15-9-5-8-12-13(17)10-14(18-16(12)15)11-6-3-2-4-7-11/h2-10H,1H3. The molecule has 0 atom stereocenters. The molecule has 0 N–H and O–H groups in total. The third-order valence-corrected chi connectivity index (χ3v) is 3.35. The predicted octanol–water partition coefficient (Wildman–Crippen LogP) is 4.56. The molecule has 0 unspecified atom stereocenters. The maximum atomic E-state index is 6.35. The number of benzene rings is 2. The van der Waals surface area contributed by atoms with Crippen LogP contribution in [0.2, 0.25) is 5.02 Å². The van der Waals surface area contributed by atoms with Crippen molar-refractivity contribution in [1.82, 2.24) is 4.98 Å². The lowest BCUT2D eigenvalue weighted by molar-refractivity contribution is 0.419. The van der Waals surface area contributed by atoms with Crippen LogP contribution in [0.5, 0.6) is 5.75 Å². The molecule has 0 amide bonds. The molecule has 0 radical (unpaired) electrons. The fraction of sp³-hybridized carbons (Fsp3) is 0.0625. The van der Waals surface area contributed by atoms with E-state index in [1.54, 1.807) is 7.11 Å². The number of hydrogen-bond donors (Lipinski definition) is 0. The number of para-hydroxylation sites is 1. The van der Waals surface area contributed by atoms with E-state index in [4.69, 9.17) is 16.3 Å². The molecule has 0 fully saturated rings. The zero-order valence-electron chi connectivity index (χ0n) is 10.4. The van der Waals surface area contributed by atoms with Gasteiger partial charge in [-0.25, -0.2) is 4.98 Å². The molecule has 1 heterocycles. The highest BCUT2D eigenvalue weighted by Crippen LogP contribution is 2.32. The highest BCUT2D eigenvalue weighted by molar-refractivity contribution is 6.35. The van der Waals surface area contributed by atoms with Crippen LogP contribution in [0.4, 0.5) is 0 Å². The van der Waals surface area contributed by atoms with Gasteiger partial charge >= 0.3 is 0 Å². The molecule has 0 aliphatic heterocycles. The largest absolute Gasteiger partial charge is 0.494 e. The molecule has 3 heteroatoms. The number of nitrogens with zero attached hydrogens (tertiary/aromatic N) is 1. The molecule has 0 spiro atoms. The van der Waals surface area contributed by atoms with Crippen LogP contribution < -0.4 is 4.74 Å². The van der Waals surface area contributed by atoms with E-state index in [9.17, 15) is 0 Å². The summed E-state index contributed by atoms with van der Waals surface area (Å²) in [7, 11) is 1.64. The van der Waals surface area contributed by atoms with Crippen LogP contribution in [-0.2, 0) is 0 Å². The Kier molecular flexibility index (Phi) is 3.10. The van der Waals surface area contributed by atoms with Gasteiger partial charge in [-0.15, -0.1) is 0 Å². The quantitative estimate of drug-likeness (QED) is 0.680. The molecule has 0 saturated carbocycles. The summed E-state index contributed by atoms with van der Waals surface area (Å²) >= 11 is 6.35. The lowest BCUT2D eigenvalue weighted by atomic mass is 10.1. The van der Waals surface area contributed by atoms with Gasteiger partial charge in [-0.3, -0.25) is 0 Å². The van der Waals surface area contributed by atoms with E-state index in [2.05, 4.69) is 4.98 Å². The number of pyridine rings is 1. The van der Waals surface area contributed by atoms with Gasteiger partial charge in [0.15, 0.2) is 0 Å². The van der Waals surface area contributed by atoms with Crippen LogP contribution >= 0.6 is 11.6 Å². The van der Waals surface area contributed by atoms with Crippen LogP contribution in [0.3, 0.4) is 0 Å². The number of fused-ring (bicyclic) bond motifs is 1. The fourth-order valence-corrected chi connectivity index (χ4v) is 2.36. The molecular weight excluding hydrogens is 258 g/mol. The van der Waals surface area contributed by atoms with Crippen LogP contribution in [-0.4, -0.2) is 12.1 Å². The van der Waals surface area contributed by atoms with Gasteiger partial charge in [0.05, 0.1) is 17.8 Å². The monoisotopic (exact) mass is 269 g/mol. The smallest absolute Gasteiger partial charge is 0.145 e. The Morgan fingerprint density at radius 1 is 1.00 bits per heavy atom. The summed E-state index contributed by atoms with van der Waals surface area (Å²) in [5.74, 6) is 0.734. The minimum atomic E-state index is 0.683. The topological polar surface area (TPSA) is 22.1 Å². The third-order valence-electron chi connectivity index (χ3n) is 3.04. The van der Waals surface area contributed by atoms with Crippen molar-refractivity contribution in [2.75, 3.05) is 7.11 Å². The molecule has 1 aromatic heterocycles. The Morgan fingerprint density at radius 2 is 1.79 bits per heavy atom. The SMILES string of the molecule is COc1cccc2c(Cl)cc(-c3ccccc3)nc12. The number of methoxy groups -OCH3 is 1. The maximum absolute atomic E-state index is 6.35. The van der Waals surface area contributed by atoms with Gasteiger partial charge in [-0.2, -0.15) is 0 Å². The zero-order valence-corrected chi connectivity index (χ0v) is 11.2. The van der Waals surface area contributed by atoms with Crippen molar-refractivity contribution in [3.05, 3.63) is 59.6 Å². The highest BCUT2D eigenvalue weighted by Gasteiger charge is 2.09. The van der Waals surface area contributed by atoms with E-state index < -0.39 is 0 Å². The average molecular weight is 270 g/mol. The summed E-state index contributed by atoms with van der Waals surface area (Å²) in [6, 6.07) is 17.6. The first-order valence-electron chi connectivity index (χ1n) is 5.98. The van der Waals surface area contributed by atoms with Gasteiger partial charge in [-0.1, -0.05) is 54.1 Å². The van der Waals surface area contributed by atoms with Crippen molar-refractivity contribution >= 4 is 22.5 Å². The normalized spacial score (nSPS) is 10.6. The molecule has 2 aromatic carbocycles. The van der Waals surface area contributed by atoms with Crippen molar-refractivity contribution in [2.45, 2.75) is 0 Å². The van der Waals surface area contributed by atoms with E-state index in [0.29, 0.717) is 5.02 Å². The van der Waals surface area contributed by atoms with Crippen molar-refractivity contribution in [1.29, 1.82) is 0 Å². The molecule has 2 nitrogen and oxygen atoms in total. The van der Waals surface area contributed by atoms with Gasteiger partial charge < -0.3 is 4.74 Å². The Bertz CT molecular complexity index is 725. The summed E-state index contributed by atoms with van der Waals surface area (Å²) < 4.78 is 5.35. The first kappa shape index (κ1) is 12.0. The number of halogens is 1. The molecule has 0 bridgehead atoms. The fourth-order valence-electron chi connectivity index (χ4n) is 2.10. The minimum absolute atomic E-state index is 0.683. The van der Waals surface area contributed by atoms with E-state index in [-0.39, 0.29) is 0 Å². The second kappa shape index (κ2) is 4.90. The van der Waals surface area contributed by atoms with Gasteiger partial charge in [0.1, 0.15) is 11.3 Å².